The Balaban J connectivity index is 2.09. The second-order valence-electron chi connectivity index (χ2n) is 5.81. The summed E-state index contributed by atoms with van der Waals surface area (Å²) in [5.74, 6) is 0. The van der Waals surface area contributed by atoms with E-state index < -0.39 is 24.4 Å². The molecular formula is C13H15BN2O3. The van der Waals surface area contributed by atoms with Crippen molar-refractivity contribution in [2.45, 2.75) is 38.9 Å². The molecule has 0 aromatic heterocycles. The maximum absolute atomic E-state index is 11.3. The smallest absolute Gasteiger partial charge is 0.399 e. The molecule has 5 nitrogen and oxygen atoms in total. The van der Waals surface area contributed by atoms with Crippen molar-refractivity contribution in [2.75, 3.05) is 0 Å². The third-order valence-electron chi connectivity index (χ3n) is 3.98. The van der Waals surface area contributed by atoms with Gasteiger partial charge in [-0.15, -0.1) is 0 Å². The zero-order valence-corrected chi connectivity index (χ0v) is 11.4. The van der Waals surface area contributed by atoms with E-state index in [1.54, 1.807) is 6.07 Å². The van der Waals surface area contributed by atoms with Crippen LogP contribution in [0.2, 0.25) is 0 Å². The first-order chi connectivity index (χ1) is 8.80. The van der Waals surface area contributed by atoms with Gasteiger partial charge in [-0.05, 0) is 33.8 Å². The lowest BCUT2D eigenvalue weighted by Gasteiger charge is -2.32. The second-order valence-corrected chi connectivity index (χ2v) is 5.81. The Kier molecular flexibility index (Phi) is 2.46. The van der Waals surface area contributed by atoms with Crippen LogP contribution in [-0.4, -0.2) is 24.4 Å². The lowest BCUT2D eigenvalue weighted by atomic mass is 9.78. The van der Waals surface area contributed by atoms with Gasteiger partial charge in [-0.2, -0.15) is 9.98 Å². The number of para-hydroxylation sites is 1. The Bertz CT molecular complexity index is 666. The molecule has 2 heterocycles. The van der Waals surface area contributed by atoms with E-state index in [-0.39, 0.29) is 0 Å². The van der Waals surface area contributed by atoms with Crippen LogP contribution in [0.4, 0.5) is 4.79 Å². The predicted octanol–water partition coefficient (Wildman–Crippen LogP) is 0.359. The van der Waals surface area contributed by atoms with Crippen molar-refractivity contribution >= 4 is 18.6 Å². The van der Waals surface area contributed by atoms with Gasteiger partial charge in [0.1, 0.15) is 0 Å². The van der Waals surface area contributed by atoms with E-state index in [1.807, 2.05) is 39.8 Å². The normalized spacial score (nSPS) is 22.9. The van der Waals surface area contributed by atoms with Crippen LogP contribution in [0.15, 0.2) is 28.2 Å². The van der Waals surface area contributed by atoms with Crippen LogP contribution in [0, 0.1) is 0 Å². The molecule has 2 amide bonds. The number of carbonyl (C=O) groups excluding carboxylic acids is 1. The molecule has 0 N–H and O–H groups in total. The van der Waals surface area contributed by atoms with Crippen LogP contribution < -0.4 is 16.2 Å². The van der Waals surface area contributed by atoms with Crippen LogP contribution in [0.1, 0.15) is 27.7 Å². The first-order valence-electron chi connectivity index (χ1n) is 6.26. The number of amides is 2. The monoisotopic (exact) mass is 258 g/mol. The zero-order chi connectivity index (χ0) is 13.8. The van der Waals surface area contributed by atoms with Gasteiger partial charge < -0.3 is 9.31 Å². The van der Waals surface area contributed by atoms with Crippen molar-refractivity contribution in [1.29, 1.82) is 0 Å². The molecule has 1 aromatic carbocycles. The van der Waals surface area contributed by atoms with Crippen LogP contribution in [0.25, 0.3) is 0 Å². The molecular weight excluding hydrogens is 243 g/mol. The molecule has 1 saturated heterocycles. The molecule has 0 saturated carbocycles. The molecule has 0 aliphatic carbocycles. The van der Waals surface area contributed by atoms with Gasteiger partial charge in [-0.1, -0.05) is 12.1 Å². The molecule has 6 heteroatoms. The largest absolute Gasteiger partial charge is 0.497 e. The van der Waals surface area contributed by atoms with Crippen LogP contribution >= 0.6 is 0 Å². The number of carbonyl (C=O) groups is 1. The molecule has 0 radical (unpaired) electrons. The number of fused-ring (bicyclic) bond motifs is 1. The minimum Gasteiger partial charge on any atom is -0.399 e. The van der Waals surface area contributed by atoms with Gasteiger partial charge in [0.2, 0.25) is 0 Å². The molecule has 3 rings (SSSR count). The summed E-state index contributed by atoms with van der Waals surface area (Å²) >= 11 is 0. The van der Waals surface area contributed by atoms with E-state index in [0.29, 0.717) is 10.7 Å². The van der Waals surface area contributed by atoms with Gasteiger partial charge in [0.05, 0.1) is 21.9 Å². The Morgan fingerprint density at radius 1 is 1.05 bits per heavy atom. The summed E-state index contributed by atoms with van der Waals surface area (Å²) in [6.45, 7) is 7.96. The summed E-state index contributed by atoms with van der Waals surface area (Å²) in [4.78, 5) is 19.1. The molecule has 2 aliphatic rings. The highest BCUT2D eigenvalue weighted by atomic mass is 16.7. The Hall–Kier alpha value is -1.53. The first kappa shape index (κ1) is 12.5. The number of nitrogens with zero attached hydrogens (tertiary/aromatic N) is 2. The maximum Gasteiger partial charge on any atom is 0.497 e. The number of hydrogen-bond acceptors (Lipinski definition) is 3. The Morgan fingerprint density at radius 2 is 1.68 bits per heavy atom. The average Bonchev–Trinajstić information content (AvgIpc) is 2.75. The lowest BCUT2D eigenvalue weighted by molar-refractivity contribution is 0.00578. The minimum absolute atomic E-state index is 0.417. The first-order valence-corrected chi connectivity index (χ1v) is 6.26. The van der Waals surface area contributed by atoms with Crippen molar-refractivity contribution in [3.8, 4) is 0 Å². The Labute approximate surface area is 111 Å². The summed E-state index contributed by atoms with van der Waals surface area (Å²) in [6.07, 6.45) is 0. The molecule has 1 fully saturated rings. The third-order valence-corrected chi connectivity index (χ3v) is 3.98. The number of hydrogen-bond donors (Lipinski definition) is 0. The van der Waals surface area contributed by atoms with Gasteiger partial charge in [0, 0.05) is 5.46 Å². The zero-order valence-electron chi connectivity index (χ0n) is 11.4. The minimum atomic E-state index is -0.523. The quantitative estimate of drug-likeness (QED) is 0.683. The summed E-state index contributed by atoms with van der Waals surface area (Å²) < 4.78 is 12.0. The lowest BCUT2D eigenvalue weighted by Crippen LogP contribution is -2.48. The summed E-state index contributed by atoms with van der Waals surface area (Å²) in [6, 6.07) is 4.98. The highest BCUT2D eigenvalue weighted by Gasteiger charge is 2.52. The fraction of sp³-hybridized carbons (Fsp3) is 0.462. The van der Waals surface area contributed by atoms with E-state index in [2.05, 4.69) is 9.98 Å². The van der Waals surface area contributed by atoms with Gasteiger partial charge in [-0.25, -0.2) is 4.79 Å². The molecule has 0 bridgehead atoms. The summed E-state index contributed by atoms with van der Waals surface area (Å²) in [5, 5.41) is 1.14. The molecule has 0 spiro atoms. The van der Waals surface area contributed by atoms with Crippen molar-refractivity contribution < 1.29 is 14.1 Å². The second kappa shape index (κ2) is 3.74. The highest BCUT2D eigenvalue weighted by Crippen LogP contribution is 2.36. The molecule has 19 heavy (non-hydrogen) atoms. The van der Waals surface area contributed by atoms with E-state index in [0.717, 1.165) is 5.46 Å². The fourth-order valence-corrected chi connectivity index (χ4v) is 2.14. The van der Waals surface area contributed by atoms with Crippen molar-refractivity contribution in [1.82, 2.24) is 0 Å². The summed E-state index contributed by atoms with van der Waals surface area (Å²) in [5.41, 5.74) is -0.0777. The molecule has 98 valence electrons. The predicted molar refractivity (Wildman–Crippen MR) is 69.9 cm³/mol. The molecule has 0 atom stereocenters. The third kappa shape index (κ3) is 1.83. The number of rotatable bonds is 1. The average molecular weight is 258 g/mol. The van der Waals surface area contributed by atoms with Gasteiger partial charge in [0.15, 0.2) is 0 Å². The molecule has 1 aromatic rings. The molecule has 0 unspecified atom stereocenters. The fourth-order valence-electron chi connectivity index (χ4n) is 2.14. The van der Waals surface area contributed by atoms with E-state index >= 15 is 0 Å². The number of urea groups is 1. The van der Waals surface area contributed by atoms with Crippen molar-refractivity contribution in [3.63, 3.8) is 0 Å². The van der Waals surface area contributed by atoms with Crippen LogP contribution in [0.3, 0.4) is 0 Å². The Morgan fingerprint density at radius 3 is 2.32 bits per heavy atom. The van der Waals surface area contributed by atoms with Gasteiger partial charge in [0.25, 0.3) is 0 Å². The van der Waals surface area contributed by atoms with E-state index in [1.165, 1.54) is 0 Å². The summed E-state index contributed by atoms with van der Waals surface area (Å²) in [7, 11) is -0.523. The topological polar surface area (TPSA) is 60.2 Å². The van der Waals surface area contributed by atoms with E-state index in [4.69, 9.17) is 9.31 Å². The molecule has 2 aliphatic heterocycles. The van der Waals surface area contributed by atoms with Crippen molar-refractivity contribution in [2.24, 2.45) is 9.98 Å². The van der Waals surface area contributed by atoms with Crippen LogP contribution in [-0.2, 0) is 9.31 Å². The van der Waals surface area contributed by atoms with Crippen molar-refractivity contribution in [3.05, 3.63) is 28.9 Å². The van der Waals surface area contributed by atoms with Gasteiger partial charge >= 0.3 is 13.1 Å². The van der Waals surface area contributed by atoms with Crippen LogP contribution in [0.5, 0.6) is 0 Å². The highest BCUT2D eigenvalue weighted by molar-refractivity contribution is 6.62. The SMILES string of the molecule is CC1(C)OB(c2cccc3c2=NC(=O)N=3)OC1(C)C. The number of benzene rings is 1. The maximum atomic E-state index is 11.3. The van der Waals surface area contributed by atoms with E-state index in [9.17, 15) is 4.79 Å². The standard InChI is InChI=1S/C13H15BN2O3/c1-12(2)13(3,4)19-14(18-12)8-6-5-7-9-10(8)16-11(17)15-9/h5-7H,1-4H3. The van der Waals surface area contributed by atoms with Gasteiger partial charge in [-0.3, -0.25) is 0 Å².